The molecule has 0 fully saturated rings. The summed E-state index contributed by atoms with van der Waals surface area (Å²) in [4.78, 5) is 3.60. The quantitative estimate of drug-likeness (QED) is 0.757. The van der Waals surface area contributed by atoms with Gasteiger partial charge in [0.2, 0.25) is 0 Å². The Labute approximate surface area is 98.4 Å². The first-order valence-corrected chi connectivity index (χ1v) is 4.89. The summed E-state index contributed by atoms with van der Waals surface area (Å²) in [5.74, 6) is -0.623. The van der Waals surface area contributed by atoms with E-state index in [9.17, 15) is 13.2 Å². The van der Waals surface area contributed by atoms with E-state index in [1.165, 1.54) is 12.3 Å². The van der Waals surface area contributed by atoms with Crippen LogP contribution in [0.25, 0.3) is 10.8 Å². The first kappa shape index (κ1) is 12.2. The Morgan fingerprint density at radius 3 is 2.73 bits per heavy atom. The SMILES string of the molecule is Br.O=S([O-])c1cccc2cncc(F)c12. The summed E-state index contributed by atoms with van der Waals surface area (Å²) in [5.41, 5.74) is 0. The van der Waals surface area contributed by atoms with Crippen LogP contribution in [0.4, 0.5) is 4.39 Å². The molecule has 0 aliphatic rings. The van der Waals surface area contributed by atoms with Crippen molar-refractivity contribution in [1.82, 2.24) is 4.98 Å². The molecule has 0 spiro atoms. The number of fused-ring (bicyclic) bond motifs is 1. The normalized spacial score (nSPS) is 12.1. The minimum atomic E-state index is -2.43. The van der Waals surface area contributed by atoms with Gasteiger partial charge in [0.15, 0.2) is 0 Å². The van der Waals surface area contributed by atoms with Crippen LogP contribution in [0.15, 0.2) is 35.5 Å². The predicted molar refractivity (Wildman–Crippen MR) is 59.2 cm³/mol. The molecule has 80 valence electrons. The highest BCUT2D eigenvalue weighted by Gasteiger charge is 2.06. The van der Waals surface area contributed by atoms with Gasteiger partial charge >= 0.3 is 0 Å². The lowest BCUT2D eigenvalue weighted by Gasteiger charge is -2.08. The van der Waals surface area contributed by atoms with Crippen molar-refractivity contribution in [3.63, 3.8) is 0 Å². The minimum Gasteiger partial charge on any atom is -0.768 e. The van der Waals surface area contributed by atoms with Gasteiger partial charge in [-0.3, -0.25) is 9.19 Å². The molecule has 0 aliphatic heterocycles. The summed E-state index contributed by atoms with van der Waals surface area (Å²) in [6.45, 7) is 0. The topological polar surface area (TPSA) is 53.0 Å². The summed E-state index contributed by atoms with van der Waals surface area (Å²) in [6.07, 6.45) is 2.42. The fourth-order valence-corrected chi connectivity index (χ4v) is 1.87. The number of hydrogen-bond donors (Lipinski definition) is 0. The van der Waals surface area contributed by atoms with E-state index >= 15 is 0 Å². The lowest BCUT2D eigenvalue weighted by atomic mass is 10.2. The molecule has 0 saturated heterocycles. The number of nitrogens with zero attached hydrogens (tertiary/aromatic N) is 1. The van der Waals surface area contributed by atoms with E-state index in [0.717, 1.165) is 6.20 Å². The van der Waals surface area contributed by atoms with E-state index < -0.39 is 16.9 Å². The van der Waals surface area contributed by atoms with Crippen LogP contribution in [0.5, 0.6) is 0 Å². The van der Waals surface area contributed by atoms with Crippen molar-refractivity contribution in [3.8, 4) is 0 Å². The fourth-order valence-electron chi connectivity index (χ4n) is 1.30. The van der Waals surface area contributed by atoms with Gasteiger partial charge in [0.05, 0.1) is 6.20 Å². The Morgan fingerprint density at radius 2 is 2.07 bits per heavy atom. The second-order valence-corrected chi connectivity index (χ2v) is 3.62. The molecule has 6 heteroatoms. The first-order chi connectivity index (χ1) is 6.70. The van der Waals surface area contributed by atoms with Gasteiger partial charge < -0.3 is 4.55 Å². The zero-order valence-electron chi connectivity index (χ0n) is 7.34. The first-order valence-electron chi connectivity index (χ1n) is 3.81. The third-order valence-corrected chi connectivity index (χ3v) is 2.58. The lowest BCUT2D eigenvalue weighted by Crippen LogP contribution is -1.93. The molecule has 2 aromatic rings. The Morgan fingerprint density at radius 1 is 1.33 bits per heavy atom. The zero-order valence-corrected chi connectivity index (χ0v) is 9.87. The van der Waals surface area contributed by atoms with Crippen LogP contribution in [0.2, 0.25) is 0 Å². The Balaban J connectivity index is 0.00000112. The van der Waals surface area contributed by atoms with Crippen LogP contribution < -0.4 is 0 Å². The number of pyridine rings is 1. The van der Waals surface area contributed by atoms with Gasteiger partial charge in [0.1, 0.15) is 5.82 Å². The van der Waals surface area contributed by atoms with Gasteiger partial charge in [-0.05, 0) is 17.1 Å². The summed E-state index contributed by atoms with van der Waals surface area (Å²) < 4.78 is 34.8. The second kappa shape index (κ2) is 4.78. The second-order valence-electron chi connectivity index (χ2n) is 2.71. The fraction of sp³-hybridized carbons (Fsp3) is 0. The van der Waals surface area contributed by atoms with Crippen LogP contribution in [-0.2, 0) is 11.1 Å². The number of aromatic nitrogens is 1. The third kappa shape index (κ3) is 2.22. The molecule has 0 amide bonds. The Bertz CT molecular complexity index is 515. The van der Waals surface area contributed by atoms with Crippen LogP contribution in [0, 0.1) is 5.82 Å². The molecule has 0 bridgehead atoms. The highest BCUT2D eigenvalue weighted by atomic mass is 79.9. The van der Waals surface area contributed by atoms with Crippen molar-refractivity contribution >= 4 is 38.8 Å². The van der Waals surface area contributed by atoms with Crippen LogP contribution >= 0.6 is 17.0 Å². The summed E-state index contributed by atoms with van der Waals surface area (Å²) in [5, 5.41) is 0.572. The van der Waals surface area contributed by atoms with Crippen LogP contribution in [0.3, 0.4) is 0 Å². The molecule has 3 nitrogen and oxygen atoms in total. The predicted octanol–water partition coefficient (Wildman–Crippen LogP) is 2.19. The van der Waals surface area contributed by atoms with Gasteiger partial charge in [-0.1, -0.05) is 12.1 Å². The Kier molecular flexibility index (Phi) is 3.90. The standard InChI is InChI=1S/C9H6FNO2S.BrH/c10-7-5-11-4-6-2-1-3-8(9(6)7)14(12)13;/h1-5H,(H,12,13);1H/p-1. The summed E-state index contributed by atoms with van der Waals surface area (Å²) in [6, 6.07) is 4.52. The van der Waals surface area contributed by atoms with Crippen molar-refractivity contribution in [3.05, 3.63) is 36.4 Å². The average Bonchev–Trinajstić information content (AvgIpc) is 2.17. The maximum absolute atomic E-state index is 13.3. The number of benzene rings is 1. The van der Waals surface area contributed by atoms with Gasteiger partial charge in [0.25, 0.3) is 0 Å². The largest absolute Gasteiger partial charge is 0.768 e. The average molecular weight is 291 g/mol. The van der Waals surface area contributed by atoms with Crippen molar-refractivity contribution < 1.29 is 13.2 Å². The molecule has 1 aromatic carbocycles. The number of hydrogen-bond acceptors (Lipinski definition) is 3. The summed E-state index contributed by atoms with van der Waals surface area (Å²) >= 11 is -2.43. The van der Waals surface area contributed by atoms with E-state index in [1.54, 1.807) is 12.1 Å². The van der Waals surface area contributed by atoms with Gasteiger partial charge in [-0.25, -0.2) is 4.39 Å². The highest BCUT2D eigenvalue weighted by molar-refractivity contribution is 8.93. The molecule has 0 aliphatic carbocycles. The maximum Gasteiger partial charge on any atom is 0.150 e. The van der Waals surface area contributed by atoms with Crippen LogP contribution in [0.1, 0.15) is 0 Å². The molecule has 1 unspecified atom stereocenters. The van der Waals surface area contributed by atoms with Crippen LogP contribution in [-0.4, -0.2) is 13.7 Å². The van der Waals surface area contributed by atoms with E-state index in [1.807, 2.05) is 0 Å². The van der Waals surface area contributed by atoms with Crippen molar-refractivity contribution in [1.29, 1.82) is 0 Å². The molecule has 1 aromatic heterocycles. The number of rotatable bonds is 1. The molecule has 15 heavy (non-hydrogen) atoms. The van der Waals surface area contributed by atoms with Gasteiger partial charge in [-0.2, -0.15) is 0 Å². The van der Waals surface area contributed by atoms with Crippen molar-refractivity contribution in [2.75, 3.05) is 0 Å². The van der Waals surface area contributed by atoms with E-state index in [0.29, 0.717) is 5.39 Å². The molecule has 1 atom stereocenters. The minimum absolute atomic E-state index is 0. The monoisotopic (exact) mass is 290 g/mol. The van der Waals surface area contributed by atoms with Crippen molar-refractivity contribution in [2.45, 2.75) is 4.90 Å². The smallest absolute Gasteiger partial charge is 0.150 e. The molecule has 1 heterocycles. The lowest BCUT2D eigenvalue weighted by molar-refractivity contribution is 0.537. The molecule has 0 saturated carbocycles. The van der Waals surface area contributed by atoms with Gasteiger partial charge in [-0.15, -0.1) is 17.0 Å². The zero-order chi connectivity index (χ0) is 10.1. The molecular formula is C9H6BrFNO2S-. The molecule has 2 rings (SSSR count). The highest BCUT2D eigenvalue weighted by Crippen LogP contribution is 2.22. The summed E-state index contributed by atoms with van der Waals surface area (Å²) in [7, 11) is 0. The van der Waals surface area contributed by atoms with Gasteiger partial charge in [0, 0.05) is 21.9 Å². The Hall–Kier alpha value is -0.850. The van der Waals surface area contributed by atoms with E-state index in [-0.39, 0.29) is 27.3 Å². The number of halogens is 2. The maximum atomic E-state index is 13.3. The van der Waals surface area contributed by atoms with E-state index in [2.05, 4.69) is 4.98 Å². The van der Waals surface area contributed by atoms with E-state index in [4.69, 9.17) is 0 Å². The van der Waals surface area contributed by atoms with Crippen molar-refractivity contribution in [2.24, 2.45) is 0 Å². The molecule has 0 radical (unpaired) electrons. The molecular weight excluding hydrogens is 285 g/mol. The third-order valence-electron chi connectivity index (χ3n) is 1.88. The molecule has 0 N–H and O–H groups in total.